The third-order valence-corrected chi connectivity index (χ3v) is 7.01. The molecule has 34 heavy (non-hydrogen) atoms. The molecule has 4 rings (SSSR count). The van der Waals surface area contributed by atoms with E-state index in [0.717, 1.165) is 29.7 Å². The first-order valence-electron chi connectivity index (χ1n) is 11.0. The molecule has 1 aliphatic rings. The fourth-order valence-electron chi connectivity index (χ4n) is 4.68. The van der Waals surface area contributed by atoms with Gasteiger partial charge in [0.2, 0.25) is 10.0 Å². The molecule has 180 valence electrons. The van der Waals surface area contributed by atoms with Crippen LogP contribution in [0.5, 0.6) is 5.75 Å². The number of thiocarbonyl (C=S) groups is 1. The molecule has 1 aliphatic heterocycles. The molecule has 1 saturated heterocycles. The smallest absolute Gasteiger partial charge is 0.229 e. The second kappa shape index (κ2) is 9.27. The second-order valence-corrected chi connectivity index (χ2v) is 10.5. The third kappa shape index (κ3) is 4.47. The van der Waals surface area contributed by atoms with E-state index in [2.05, 4.69) is 51.3 Å². The zero-order valence-electron chi connectivity index (χ0n) is 19.9. The Morgan fingerprint density at radius 2 is 1.97 bits per heavy atom. The molecule has 2 unspecified atom stereocenters. The van der Waals surface area contributed by atoms with Crippen LogP contribution in [0.3, 0.4) is 0 Å². The molecule has 0 radical (unpaired) electrons. The molecule has 1 aromatic carbocycles. The molecule has 3 heterocycles. The predicted octanol–water partition coefficient (Wildman–Crippen LogP) is 4.08. The number of benzene rings is 1. The number of ether oxygens (including phenoxy) is 1. The second-order valence-electron chi connectivity index (χ2n) is 8.33. The molecule has 0 amide bonds. The van der Waals surface area contributed by atoms with Crippen LogP contribution in [0.25, 0.3) is 0 Å². The molecule has 0 saturated carbocycles. The first-order valence-corrected chi connectivity index (χ1v) is 13.3. The molecular weight excluding hydrogens is 470 g/mol. The van der Waals surface area contributed by atoms with Gasteiger partial charge in [-0.15, -0.1) is 0 Å². The Kier molecular flexibility index (Phi) is 6.55. The minimum absolute atomic E-state index is 0.160. The summed E-state index contributed by atoms with van der Waals surface area (Å²) in [5.74, 6) is 0.407. The van der Waals surface area contributed by atoms with E-state index < -0.39 is 10.0 Å². The summed E-state index contributed by atoms with van der Waals surface area (Å²) >= 11 is 5.82. The standard InChI is InChI=1S/C24H29N5O3S2/c1-6-28-15(2)13-18(16(28)3)23-22(20-9-7-8-12-25-20)26-24(33)29(23)17-10-11-19(21(14-17)32-4)27-34(5,30)31/h7-14,22-23,27H,6H2,1-5H3,(H,26,33). The number of aromatic nitrogens is 2. The number of pyridine rings is 1. The molecule has 3 aromatic rings. The van der Waals surface area contributed by atoms with Gasteiger partial charge in [0, 0.05) is 35.9 Å². The zero-order valence-corrected chi connectivity index (χ0v) is 21.5. The summed E-state index contributed by atoms with van der Waals surface area (Å²) in [5.41, 5.74) is 5.55. The highest BCUT2D eigenvalue weighted by Gasteiger charge is 2.42. The number of anilines is 2. The van der Waals surface area contributed by atoms with Crippen LogP contribution in [0.15, 0.2) is 48.7 Å². The summed E-state index contributed by atoms with van der Waals surface area (Å²) < 4.78 is 33.9. The Labute approximate surface area is 206 Å². The minimum Gasteiger partial charge on any atom is -0.494 e. The van der Waals surface area contributed by atoms with E-state index in [0.29, 0.717) is 16.5 Å². The van der Waals surface area contributed by atoms with Crippen molar-refractivity contribution in [3.8, 4) is 5.75 Å². The maximum atomic E-state index is 11.8. The minimum atomic E-state index is -3.45. The van der Waals surface area contributed by atoms with Crippen molar-refractivity contribution < 1.29 is 13.2 Å². The van der Waals surface area contributed by atoms with Gasteiger partial charge < -0.3 is 19.5 Å². The Hall–Kier alpha value is -3.11. The summed E-state index contributed by atoms with van der Waals surface area (Å²) in [5, 5.41) is 4.03. The van der Waals surface area contributed by atoms with Gasteiger partial charge in [-0.3, -0.25) is 9.71 Å². The van der Waals surface area contributed by atoms with Crippen molar-refractivity contribution >= 4 is 38.7 Å². The van der Waals surface area contributed by atoms with Crippen LogP contribution in [-0.2, 0) is 16.6 Å². The number of nitrogens with zero attached hydrogens (tertiary/aromatic N) is 3. The lowest BCUT2D eigenvalue weighted by Crippen LogP contribution is -2.29. The van der Waals surface area contributed by atoms with Gasteiger partial charge in [0.1, 0.15) is 5.75 Å². The summed E-state index contributed by atoms with van der Waals surface area (Å²) in [6.45, 7) is 7.24. The molecular formula is C24H29N5O3S2. The lowest BCUT2D eigenvalue weighted by atomic mass is 9.96. The maximum absolute atomic E-state index is 11.8. The SMILES string of the molecule is CCn1c(C)cc(C2C(c3ccccn3)NC(=S)N2c2ccc(NS(C)(=O)=O)c(OC)c2)c1C. The van der Waals surface area contributed by atoms with E-state index in [1.54, 1.807) is 18.3 Å². The van der Waals surface area contributed by atoms with Crippen molar-refractivity contribution in [2.75, 3.05) is 23.0 Å². The molecule has 0 spiro atoms. The van der Waals surface area contributed by atoms with Gasteiger partial charge in [0.05, 0.1) is 36.8 Å². The van der Waals surface area contributed by atoms with E-state index in [1.165, 1.54) is 18.5 Å². The van der Waals surface area contributed by atoms with Crippen LogP contribution in [0, 0.1) is 13.8 Å². The molecule has 8 nitrogen and oxygen atoms in total. The van der Waals surface area contributed by atoms with Crippen LogP contribution in [0.2, 0.25) is 0 Å². The summed E-state index contributed by atoms with van der Waals surface area (Å²) in [7, 11) is -1.94. The van der Waals surface area contributed by atoms with Gasteiger partial charge in [-0.05, 0) is 68.9 Å². The number of hydrogen-bond donors (Lipinski definition) is 2. The van der Waals surface area contributed by atoms with Gasteiger partial charge in [0.25, 0.3) is 0 Å². The normalized spacial score (nSPS) is 18.1. The highest BCUT2D eigenvalue weighted by Crippen LogP contribution is 2.44. The maximum Gasteiger partial charge on any atom is 0.229 e. The number of hydrogen-bond acceptors (Lipinski definition) is 5. The van der Waals surface area contributed by atoms with E-state index in [9.17, 15) is 8.42 Å². The molecule has 0 aliphatic carbocycles. The first-order chi connectivity index (χ1) is 16.1. The van der Waals surface area contributed by atoms with Gasteiger partial charge >= 0.3 is 0 Å². The van der Waals surface area contributed by atoms with Crippen LogP contribution in [0.4, 0.5) is 11.4 Å². The lowest BCUT2D eigenvalue weighted by molar-refractivity contribution is 0.417. The average Bonchev–Trinajstić information content (AvgIpc) is 3.28. The fourth-order valence-corrected chi connectivity index (χ4v) is 5.59. The summed E-state index contributed by atoms with van der Waals surface area (Å²) in [4.78, 5) is 6.67. The first kappa shape index (κ1) is 24.0. The Morgan fingerprint density at radius 3 is 2.56 bits per heavy atom. The molecule has 2 aromatic heterocycles. The van der Waals surface area contributed by atoms with Crippen LogP contribution in [0.1, 0.15) is 41.7 Å². The largest absolute Gasteiger partial charge is 0.494 e. The Balaban J connectivity index is 1.86. The molecule has 10 heteroatoms. The molecule has 2 N–H and O–H groups in total. The molecule has 2 atom stereocenters. The predicted molar refractivity (Wildman–Crippen MR) is 139 cm³/mol. The monoisotopic (exact) mass is 499 g/mol. The van der Waals surface area contributed by atoms with Crippen molar-refractivity contribution in [3.63, 3.8) is 0 Å². The van der Waals surface area contributed by atoms with Crippen molar-refractivity contribution in [2.45, 2.75) is 39.4 Å². The number of nitrogens with one attached hydrogen (secondary N) is 2. The highest BCUT2D eigenvalue weighted by atomic mass is 32.2. The zero-order chi connectivity index (χ0) is 24.6. The van der Waals surface area contributed by atoms with Crippen LogP contribution < -0.4 is 19.7 Å². The highest BCUT2D eigenvalue weighted by molar-refractivity contribution is 7.92. The number of aryl methyl sites for hydroxylation is 1. The van der Waals surface area contributed by atoms with Crippen molar-refractivity contribution in [1.82, 2.24) is 14.9 Å². The van der Waals surface area contributed by atoms with Crippen LogP contribution >= 0.6 is 12.2 Å². The third-order valence-electron chi connectivity index (χ3n) is 6.10. The van der Waals surface area contributed by atoms with Gasteiger partial charge in [-0.2, -0.15) is 0 Å². The lowest BCUT2D eigenvalue weighted by Gasteiger charge is -2.28. The summed E-state index contributed by atoms with van der Waals surface area (Å²) in [6, 6.07) is 13.1. The number of rotatable bonds is 7. The number of sulfonamides is 1. The van der Waals surface area contributed by atoms with E-state index in [-0.39, 0.29) is 12.1 Å². The average molecular weight is 500 g/mol. The fraction of sp³-hybridized carbons (Fsp3) is 0.333. The Morgan fingerprint density at radius 1 is 1.21 bits per heavy atom. The van der Waals surface area contributed by atoms with Crippen LogP contribution in [-0.4, -0.2) is 36.4 Å². The van der Waals surface area contributed by atoms with E-state index >= 15 is 0 Å². The number of methoxy groups -OCH3 is 1. The van der Waals surface area contributed by atoms with Gasteiger partial charge in [-0.1, -0.05) is 6.07 Å². The van der Waals surface area contributed by atoms with Gasteiger partial charge in [0.15, 0.2) is 5.11 Å². The Bertz CT molecular complexity index is 1320. The van der Waals surface area contributed by atoms with E-state index in [4.69, 9.17) is 17.0 Å². The topological polar surface area (TPSA) is 88.5 Å². The summed E-state index contributed by atoms with van der Waals surface area (Å²) in [6.07, 6.45) is 2.89. The molecule has 1 fully saturated rings. The van der Waals surface area contributed by atoms with Crippen molar-refractivity contribution in [2.24, 2.45) is 0 Å². The quantitative estimate of drug-likeness (QED) is 0.474. The van der Waals surface area contributed by atoms with Gasteiger partial charge in [-0.25, -0.2) is 8.42 Å². The molecule has 0 bridgehead atoms. The van der Waals surface area contributed by atoms with Crippen molar-refractivity contribution in [3.05, 3.63) is 71.3 Å². The van der Waals surface area contributed by atoms with Crippen molar-refractivity contribution in [1.29, 1.82) is 0 Å². The van der Waals surface area contributed by atoms with E-state index in [1.807, 2.05) is 24.3 Å².